The monoisotopic (exact) mass is 201 g/mol. The van der Waals surface area contributed by atoms with Gasteiger partial charge in [0.15, 0.2) is 0 Å². The predicted octanol–water partition coefficient (Wildman–Crippen LogP) is 0.00600. The second-order valence-electron chi connectivity index (χ2n) is 3.44. The van der Waals surface area contributed by atoms with Crippen molar-refractivity contribution in [3.05, 3.63) is 0 Å². The largest absolute Gasteiger partial charge is 0.358 e. The van der Waals surface area contributed by atoms with Crippen molar-refractivity contribution in [3.8, 4) is 0 Å². The summed E-state index contributed by atoms with van der Waals surface area (Å²) in [4.78, 5) is 15.5. The molecule has 84 valence electrons. The molecule has 1 N–H and O–H groups in total. The maximum Gasteiger partial charge on any atom is 0.233 e. The molecule has 0 aliphatic heterocycles. The Morgan fingerprint density at radius 1 is 1.21 bits per heavy atom. The van der Waals surface area contributed by atoms with Gasteiger partial charge < -0.3 is 10.2 Å². The van der Waals surface area contributed by atoms with E-state index < -0.39 is 0 Å². The number of hydrogen-bond donors (Lipinski definition) is 1. The average Bonchev–Trinajstić information content (AvgIpc) is 2.22. The van der Waals surface area contributed by atoms with E-state index >= 15 is 0 Å². The molecule has 0 saturated heterocycles. The quantitative estimate of drug-likeness (QED) is 0.630. The molecule has 0 aromatic carbocycles. The molecule has 0 bridgehead atoms. The SMILES string of the molecule is CCN(C)CCN(CC)CC(=O)NC. The number of likely N-dealkylation sites (N-methyl/N-ethyl adjacent to an activating group) is 3. The van der Waals surface area contributed by atoms with Crippen LogP contribution in [0.5, 0.6) is 0 Å². The first-order valence-electron chi connectivity index (χ1n) is 5.25. The molecule has 1 amide bonds. The van der Waals surface area contributed by atoms with Crippen LogP contribution < -0.4 is 5.32 Å². The van der Waals surface area contributed by atoms with Gasteiger partial charge in [-0.25, -0.2) is 0 Å². The van der Waals surface area contributed by atoms with Gasteiger partial charge in [-0.2, -0.15) is 0 Å². The number of hydrogen-bond acceptors (Lipinski definition) is 3. The van der Waals surface area contributed by atoms with E-state index in [4.69, 9.17) is 0 Å². The van der Waals surface area contributed by atoms with E-state index in [1.54, 1.807) is 7.05 Å². The Bertz CT molecular complexity index is 161. The Labute approximate surface area is 87.3 Å². The van der Waals surface area contributed by atoms with Crippen LogP contribution >= 0.6 is 0 Å². The number of carbonyl (C=O) groups excluding carboxylic acids is 1. The number of rotatable bonds is 7. The molecule has 0 rings (SSSR count). The highest BCUT2D eigenvalue weighted by atomic mass is 16.1. The van der Waals surface area contributed by atoms with Crippen LogP contribution in [0.4, 0.5) is 0 Å². The lowest BCUT2D eigenvalue weighted by atomic mass is 10.4. The molecule has 0 atom stereocenters. The molecule has 0 aliphatic rings. The summed E-state index contributed by atoms with van der Waals surface area (Å²) in [6.07, 6.45) is 0. The van der Waals surface area contributed by atoms with Gasteiger partial charge in [-0.05, 0) is 20.1 Å². The van der Waals surface area contributed by atoms with Gasteiger partial charge in [-0.15, -0.1) is 0 Å². The van der Waals surface area contributed by atoms with E-state index in [2.05, 4.69) is 36.0 Å². The van der Waals surface area contributed by atoms with Crippen LogP contribution in [0.15, 0.2) is 0 Å². The first kappa shape index (κ1) is 13.4. The summed E-state index contributed by atoms with van der Waals surface area (Å²) >= 11 is 0. The van der Waals surface area contributed by atoms with E-state index in [9.17, 15) is 4.79 Å². The summed E-state index contributed by atoms with van der Waals surface area (Å²) in [6.45, 7) is 8.66. The number of amides is 1. The van der Waals surface area contributed by atoms with Gasteiger partial charge in [-0.1, -0.05) is 13.8 Å². The molecular weight excluding hydrogens is 178 g/mol. The fourth-order valence-electron chi connectivity index (χ4n) is 1.10. The Balaban J connectivity index is 3.73. The van der Waals surface area contributed by atoms with Crippen molar-refractivity contribution in [1.82, 2.24) is 15.1 Å². The minimum atomic E-state index is 0.0889. The molecule has 4 nitrogen and oxygen atoms in total. The van der Waals surface area contributed by atoms with Crippen LogP contribution in [0.1, 0.15) is 13.8 Å². The lowest BCUT2D eigenvalue weighted by Crippen LogP contribution is -2.39. The van der Waals surface area contributed by atoms with Crippen LogP contribution in [0, 0.1) is 0 Å². The van der Waals surface area contributed by atoms with Crippen LogP contribution in [-0.2, 0) is 4.79 Å². The summed E-state index contributed by atoms with van der Waals surface area (Å²) in [6, 6.07) is 0. The highest BCUT2D eigenvalue weighted by Crippen LogP contribution is 1.89. The molecule has 4 heteroatoms. The van der Waals surface area contributed by atoms with Gasteiger partial charge in [-0.3, -0.25) is 9.69 Å². The summed E-state index contributed by atoms with van der Waals surface area (Å²) < 4.78 is 0. The Morgan fingerprint density at radius 2 is 1.86 bits per heavy atom. The summed E-state index contributed by atoms with van der Waals surface area (Å²) in [5.74, 6) is 0.0889. The predicted molar refractivity (Wildman–Crippen MR) is 59.4 cm³/mol. The van der Waals surface area contributed by atoms with Crippen LogP contribution in [0.2, 0.25) is 0 Å². The maximum atomic E-state index is 11.1. The molecule has 0 aromatic rings. The molecule has 0 radical (unpaired) electrons. The molecule has 0 aromatic heterocycles. The van der Waals surface area contributed by atoms with Crippen molar-refractivity contribution < 1.29 is 4.79 Å². The molecule has 0 fully saturated rings. The molecule has 0 spiro atoms. The van der Waals surface area contributed by atoms with Crippen molar-refractivity contribution in [2.24, 2.45) is 0 Å². The Hall–Kier alpha value is -0.610. The molecule has 14 heavy (non-hydrogen) atoms. The van der Waals surface area contributed by atoms with E-state index in [0.29, 0.717) is 6.54 Å². The lowest BCUT2D eigenvalue weighted by molar-refractivity contribution is -0.121. The van der Waals surface area contributed by atoms with Crippen molar-refractivity contribution >= 4 is 5.91 Å². The van der Waals surface area contributed by atoms with Gasteiger partial charge in [0.05, 0.1) is 6.54 Å². The minimum absolute atomic E-state index is 0.0889. The van der Waals surface area contributed by atoms with Gasteiger partial charge in [0.2, 0.25) is 5.91 Å². The zero-order valence-corrected chi connectivity index (χ0v) is 9.84. The second-order valence-corrected chi connectivity index (χ2v) is 3.44. The zero-order valence-electron chi connectivity index (χ0n) is 9.84. The van der Waals surface area contributed by atoms with Crippen LogP contribution in [0.3, 0.4) is 0 Å². The van der Waals surface area contributed by atoms with E-state index in [1.807, 2.05) is 0 Å². The minimum Gasteiger partial charge on any atom is -0.358 e. The first-order valence-corrected chi connectivity index (χ1v) is 5.25. The standard InChI is InChI=1S/C10H23N3O/c1-5-12(4)7-8-13(6-2)9-10(14)11-3/h5-9H2,1-4H3,(H,11,14). The van der Waals surface area contributed by atoms with Crippen molar-refractivity contribution in [2.45, 2.75) is 13.8 Å². The van der Waals surface area contributed by atoms with Crippen LogP contribution in [-0.4, -0.2) is 62.5 Å². The second kappa shape index (κ2) is 7.76. The summed E-state index contributed by atoms with van der Waals surface area (Å²) in [5.41, 5.74) is 0. The van der Waals surface area contributed by atoms with E-state index in [0.717, 1.165) is 26.2 Å². The van der Waals surface area contributed by atoms with Crippen molar-refractivity contribution in [2.75, 3.05) is 46.8 Å². The van der Waals surface area contributed by atoms with Crippen LogP contribution in [0.25, 0.3) is 0 Å². The summed E-state index contributed by atoms with van der Waals surface area (Å²) in [7, 11) is 3.77. The van der Waals surface area contributed by atoms with Gasteiger partial charge in [0.25, 0.3) is 0 Å². The fourth-order valence-corrected chi connectivity index (χ4v) is 1.10. The summed E-state index contributed by atoms with van der Waals surface area (Å²) in [5, 5.41) is 2.64. The third-order valence-corrected chi connectivity index (χ3v) is 2.43. The molecule has 0 saturated carbocycles. The third kappa shape index (κ3) is 5.94. The average molecular weight is 201 g/mol. The van der Waals surface area contributed by atoms with Crippen molar-refractivity contribution in [1.29, 1.82) is 0 Å². The Kier molecular flexibility index (Phi) is 7.42. The normalized spacial score (nSPS) is 11.0. The molecule has 0 heterocycles. The van der Waals surface area contributed by atoms with E-state index in [-0.39, 0.29) is 5.91 Å². The van der Waals surface area contributed by atoms with E-state index in [1.165, 1.54) is 0 Å². The van der Waals surface area contributed by atoms with Gasteiger partial charge in [0, 0.05) is 20.1 Å². The highest BCUT2D eigenvalue weighted by molar-refractivity contribution is 5.77. The Morgan fingerprint density at radius 3 is 2.29 bits per heavy atom. The highest BCUT2D eigenvalue weighted by Gasteiger charge is 2.07. The molecule has 0 aliphatic carbocycles. The number of nitrogens with zero attached hydrogens (tertiary/aromatic N) is 2. The first-order chi connectivity index (χ1) is 6.63. The zero-order chi connectivity index (χ0) is 11.0. The molecular formula is C10H23N3O. The third-order valence-electron chi connectivity index (χ3n) is 2.43. The smallest absolute Gasteiger partial charge is 0.233 e. The van der Waals surface area contributed by atoms with Gasteiger partial charge >= 0.3 is 0 Å². The number of nitrogens with one attached hydrogen (secondary N) is 1. The maximum absolute atomic E-state index is 11.1. The fraction of sp³-hybridized carbons (Fsp3) is 0.900. The van der Waals surface area contributed by atoms with Crippen molar-refractivity contribution in [3.63, 3.8) is 0 Å². The number of carbonyl (C=O) groups is 1. The molecule has 0 unspecified atom stereocenters. The lowest BCUT2D eigenvalue weighted by Gasteiger charge is -2.22. The topological polar surface area (TPSA) is 35.6 Å². The van der Waals surface area contributed by atoms with Gasteiger partial charge in [0.1, 0.15) is 0 Å².